The molecule has 4 rings (SSSR count). The van der Waals surface area contributed by atoms with Crippen molar-refractivity contribution in [3.05, 3.63) is 47.7 Å². The van der Waals surface area contributed by atoms with Crippen LogP contribution in [0.25, 0.3) is 0 Å². The highest BCUT2D eigenvalue weighted by atomic mass is 32.2. The van der Waals surface area contributed by atoms with E-state index >= 15 is 0 Å². The van der Waals surface area contributed by atoms with Gasteiger partial charge in [-0.1, -0.05) is 0 Å². The van der Waals surface area contributed by atoms with E-state index in [1.54, 1.807) is 12.3 Å². The predicted molar refractivity (Wildman–Crippen MR) is 112 cm³/mol. The molecular weight excluding hydrogens is 406 g/mol. The number of hydrogen-bond acceptors (Lipinski definition) is 7. The first kappa shape index (κ1) is 20.6. The Balaban J connectivity index is 1.55. The molecule has 1 aromatic carbocycles. The zero-order valence-corrected chi connectivity index (χ0v) is 17.9. The smallest absolute Gasteiger partial charge is 0.337 e. The second kappa shape index (κ2) is 7.88. The van der Waals surface area contributed by atoms with E-state index in [0.717, 1.165) is 44.7 Å². The van der Waals surface area contributed by atoms with Crippen molar-refractivity contribution in [3.63, 3.8) is 0 Å². The van der Waals surface area contributed by atoms with Crippen LogP contribution < -0.4 is 9.62 Å². The minimum Gasteiger partial charge on any atom is -0.465 e. The summed E-state index contributed by atoms with van der Waals surface area (Å²) in [5.74, 6) is 0.115. The van der Waals surface area contributed by atoms with Crippen molar-refractivity contribution in [1.29, 1.82) is 0 Å². The molecule has 0 atom stereocenters. The maximum Gasteiger partial charge on any atom is 0.337 e. The Morgan fingerprint density at radius 1 is 1.20 bits per heavy atom. The van der Waals surface area contributed by atoms with Crippen molar-refractivity contribution >= 4 is 27.5 Å². The summed E-state index contributed by atoms with van der Waals surface area (Å²) in [5.41, 5.74) is 1.84. The maximum atomic E-state index is 12.9. The van der Waals surface area contributed by atoms with E-state index in [2.05, 4.69) is 19.3 Å². The van der Waals surface area contributed by atoms with Crippen molar-refractivity contribution in [2.45, 2.75) is 24.7 Å². The predicted octanol–water partition coefficient (Wildman–Crippen LogP) is 2.59. The summed E-state index contributed by atoms with van der Waals surface area (Å²) in [4.78, 5) is 18.3. The lowest BCUT2D eigenvalue weighted by Crippen LogP contribution is -2.59. The lowest BCUT2D eigenvalue weighted by molar-refractivity contribution is -0.000403. The van der Waals surface area contributed by atoms with Crippen molar-refractivity contribution in [1.82, 2.24) is 4.98 Å². The third-order valence-electron chi connectivity index (χ3n) is 5.74. The molecule has 2 fully saturated rings. The molecule has 3 heterocycles. The molecule has 2 aliphatic heterocycles. The number of sulfonamides is 1. The molecule has 0 radical (unpaired) electrons. The Morgan fingerprint density at radius 3 is 2.50 bits per heavy atom. The van der Waals surface area contributed by atoms with Crippen LogP contribution in [0, 0.1) is 12.3 Å². The van der Waals surface area contributed by atoms with E-state index < -0.39 is 16.0 Å². The monoisotopic (exact) mass is 431 g/mol. The molecule has 30 heavy (non-hydrogen) atoms. The van der Waals surface area contributed by atoms with E-state index in [1.165, 1.54) is 31.4 Å². The van der Waals surface area contributed by atoms with Gasteiger partial charge in [0.2, 0.25) is 0 Å². The molecule has 1 aromatic heterocycles. The number of aryl methyl sites for hydroxylation is 1. The first-order valence-corrected chi connectivity index (χ1v) is 11.3. The van der Waals surface area contributed by atoms with Gasteiger partial charge in [-0.05, 0) is 55.7 Å². The Kier molecular flexibility index (Phi) is 5.42. The number of carbonyl (C=O) groups is 1. The molecule has 2 aromatic rings. The maximum absolute atomic E-state index is 12.9. The number of hydrogen-bond donors (Lipinski definition) is 1. The first-order valence-electron chi connectivity index (χ1n) is 9.82. The number of anilines is 2. The lowest BCUT2D eigenvalue weighted by atomic mass is 9.73. The van der Waals surface area contributed by atoms with E-state index in [4.69, 9.17) is 4.74 Å². The Morgan fingerprint density at radius 2 is 1.87 bits per heavy atom. The van der Waals surface area contributed by atoms with Gasteiger partial charge >= 0.3 is 5.97 Å². The number of benzene rings is 1. The highest BCUT2D eigenvalue weighted by Gasteiger charge is 2.45. The van der Waals surface area contributed by atoms with Gasteiger partial charge in [-0.25, -0.2) is 18.2 Å². The van der Waals surface area contributed by atoms with Crippen LogP contribution in [-0.2, 0) is 19.5 Å². The average Bonchev–Trinajstić information content (AvgIpc) is 2.72. The topological polar surface area (TPSA) is 97.8 Å². The summed E-state index contributed by atoms with van der Waals surface area (Å²) in [5, 5.41) is 0. The fourth-order valence-electron chi connectivity index (χ4n) is 4.01. The molecule has 9 heteroatoms. The zero-order valence-electron chi connectivity index (χ0n) is 17.1. The minimum absolute atomic E-state index is 0.0621. The van der Waals surface area contributed by atoms with Crippen LogP contribution in [0.5, 0.6) is 0 Å². The van der Waals surface area contributed by atoms with E-state index in [-0.39, 0.29) is 15.9 Å². The van der Waals surface area contributed by atoms with Gasteiger partial charge in [-0.15, -0.1) is 0 Å². The number of methoxy groups -OCH3 is 1. The van der Waals surface area contributed by atoms with Gasteiger partial charge in [0.25, 0.3) is 10.0 Å². The largest absolute Gasteiger partial charge is 0.465 e. The number of pyridine rings is 1. The number of esters is 1. The lowest BCUT2D eigenvalue weighted by Gasteiger charge is -2.53. The highest BCUT2D eigenvalue weighted by Crippen LogP contribution is 2.43. The Bertz CT molecular complexity index is 1040. The third-order valence-corrected chi connectivity index (χ3v) is 7.12. The molecule has 1 spiro atoms. The van der Waals surface area contributed by atoms with Crippen LogP contribution in [0.3, 0.4) is 0 Å². The van der Waals surface area contributed by atoms with Gasteiger partial charge in [-0.2, -0.15) is 0 Å². The fourth-order valence-corrected chi connectivity index (χ4v) is 5.07. The van der Waals surface area contributed by atoms with E-state index in [1.807, 2.05) is 6.92 Å². The summed E-state index contributed by atoms with van der Waals surface area (Å²) in [7, 11) is -2.56. The van der Waals surface area contributed by atoms with E-state index in [9.17, 15) is 13.2 Å². The number of nitrogens with zero attached hydrogens (tertiary/aromatic N) is 2. The molecule has 2 saturated heterocycles. The van der Waals surface area contributed by atoms with Gasteiger partial charge in [0.15, 0.2) is 5.82 Å². The summed E-state index contributed by atoms with van der Waals surface area (Å²) in [6, 6.07) is 7.42. The second-order valence-corrected chi connectivity index (χ2v) is 9.66. The van der Waals surface area contributed by atoms with Gasteiger partial charge in [0, 0.05) is 37.9 Å². The molecule has 0 saturated carbocycles. The van der Waals surface area contributed by atoms with Crippen molar-refractivity contribution in [3.8, 4) is 0 Å². The molecule has 0 bridgehead atoms. The van der Waals surface area contributed by atoms with Crippen LogP contribution in [0.1, 0.15) is 28.8 Å². The van der Waals surface area contributed by atoms with E-state index in [0.29, 0.717) is 11.5 Å². The quantitative estimate of drug-likeness (QED) is 0.727. The van der Waals surface area contributed by atoms with Crippen LogP contribution in [0.15, 0.2) is 41.4 Å². The number of rotatable bonds is 5. The minimum atomic E-state index is -3.84. The molecule has 8 nitrogen and oxygen atoms in total. The van der Waals surface area contributed by atoms with Crippen molar-refractivity contribution < 1.29 is 22.7 Å². The standard InChI is InChI=1S/C21H25N3O5S/c1-15-11-18(19(22-12-15)24-13-21(14-24)7-9-29-10-8-21)23-30(26,27)17-5-3-16(4-6-17)20(25)28-2/h3-6,11-12,23H,7-10,13-14H2,1-2H3. The molecule has 160 valence electrons. The van der Waals surface area contributed by atoms with Crippen molar-refractivity contribution in [2.75, 3.05) is 43.0 Å². The molecule has 1 N–H and O–H groups in total. The highest BCUT2D eigenvalue weighted by molar-refractivity contribution is 7.92. The number of carbonyl (C=O) groups excluding carboxylic acids is 1. The van der Waals surface area contributed by atoms with Crippen LogP contribution in [0.4, 0.5) is 11.5 Å². The zero-order chi connectivity index (χ0) is 21.4. The van der Waals surface area contributed by atoms with Gasteiger partial charge in [0.05, 0.1) is 23.3 Å². The van der Waals surface area contributed by atoms with Gasteiger partial charge in [-0.3, -0.25) is 4.72 Å². The Labute approximate surface area is 176 Å². The normalized spacial score (nSPS) is 18.0. The molecule has 2 aliphatic rings. The average molecular weight is 432 g/mol. The summed E-state index contributed by atoms with van der Waals surface area (Å²) in [6.45, 7) is 5.10. The Hall–Kier alpha value is -2.65. The van der Waals surface area contributed by atoms with Gasteiger partial charge in [0.1, 0.15) is 0 Å². The fraction of sp³-hybridized carbons (Fsp3) is 0.429. The third kappa shape index (κ3) is 3.99. The first-order chi connectivity index (χ1) is 14.3. The summed E-state index contributed by atoms with van der Waals surface area (Å²) in [6.07, 6.45) is 3.78. The summed E-state index contributed by atoms with van der Waals surface area (Å²) >= 11 is 0. The van der Waals surface area contributed by atoms with Crippen LogP contribution >= 0.6 is 0 Å². The van der Waals surface area contributed by atoms with Crippen molar-refractivity contribution in [2.24, 2.45) is 5.41 Å². The van der Waals surface area contributed by atoms with Gasteiger partial charge < -0.3 is 14.4 Å². The molecule has 0 unspecified atom stereocenters. The number of ether oxygens (including phenoxy) is 2. The second-order valence-electron chi connectivity index (χ2n) is 7.97. The molecule has 0 amide bonds. The SMILES string of the molecule is COC(=O)c1ccc(S(=O)(=O)Nc2cc(C)cnc2N2CC3(CCOCC3)C2)cc1. The number of nitrogens with one attached hydrogen (secondary N) is 1. The number of aromatic nitrogens is 1. The van der Waals surface area contributed by atoms with Crippen LogP contribution in [-0.4, -0.2) is 52.8 Å². The molecular formula is C21H25N3O5S. The summed E-state index contributed by atoms with van der Waals surface area (Å²) < 4.78 is 38.7. The molecule has 0 aliphatic carbocycles. The van der Waals surface area contributed by atoms with Crippen LogP contribution in [0.2, 0.25) is 0 Å².